The molecule has 0 aliphatic carbocycles. The van der Waals surface area contributed by atoms with E-state index in [0.717, 1.165) is 11.1 Å². The van der Waals surface area contributed by atoms with Crippen LogP contribution in [0.25, 0.3) is 0 Å². The van der Waals surface area contributed by atoms with E-state index < -0.39 is 6.10 Å². The molecule has 0 aliphatic rings. The van der Waals surface area contributed by atoms with Crippen molar-refractivity contribution in [1.29, 1.82) is 0 Å². The van der Waals surface area contributed by atoms with Gasteiger partial charge < -0.3 is 14.6 Å². The van der Waals surface area contributed by atoms with Crippen molar-refractivity contribution >= 4 is 0 Å². The molecule has 1 N–H and O–H groups in total. The monoisotopic (exact) mass is 326 g/mol. The molecule has 0 saturated carbocycles. The molecule has 0 aromatic heterocycles. The zero-order valence-electron chi connectivity index (χ0n) is 14.2. The Kier molecular flexibility index (Phi) is 7.69. The van der Waals surface area contributed by atoms with Gasteiger partial charge >= 0.3 is 0 Å². The zero-order chi connectivity index (χ0) is 17.2. The van der Waals surface area contributed by atoms with Gasteiger partial charge in [0.25, 0.3) is 0 Å². The molecule has 0 heterocycles. The molecule has 2 aromatic rings. The molecule has 0 bridgehead atoms. The van der Waals surface area contributed by atoms with Gasteiger partial charge in [0.15, 0.2) is 0 Å². The molecule has 0 radical (unpaired) electrons. The normalized spacial score (nSPS) is 14.8. The Balaban J connectivity index is 1.76. The van der Waals surface area contributed by atoms with E-state index in [1.54, 1.807) is 6.08 Å². The SMILES string of the molecule is C=C[C@@H](OCc1ccccc1)[C@H](C)[C@@H](O)COCc1ccccc1. The van der Waals surface area contributed by atoms with Gasteiger partial charge in [0.1, 0.15) is 0 Å². The molecular weight excluding hydrogens is 300 g/mol. The maximum absolute atomic E-state index is 10.3. The zero-order valence-corrected chi connectivity index (χ0v) is 14.2. The van der Waals surface area contributed by atoms with Crippen LogP contribution < -0.4 is 0 Å². The van der Waals surface area contributed by atoms with Crippen molar-refractivity contribution in [2.24, 2.45) is 5.92 Å². The van der Waals surface area contributed by atoms with Crippen molar-refractivity contribution in [2.75, 3.05) is 6.61 Å². The molecule has 0 aliphatic heterocycles. The fourth-order valence-electron chi connectivity index (χ4n) is 2.44. The second-order valence-electron chi connectivity index (χ2n) is 5.92. The number of hydrogen-bond donors (Lipinski definition) is 1. The summed E-state index contributed by atoms with van der Waals surface area (Å²) in [6, 6.07) is 19.9. The van der Waals surface area contributed by atoms with Crippen LogP contribution in [0.5, 0.6) is 0 Å². The van der Waals surface area contributed by atoms with Gasteiger partial charge in [-0.2, -0.15) is 0 Å². The molecule has 128 valence electrons. The van der Waals surface area contributed by atoms with Crippen molar-refractivity contribution in [2.45, 2.75) is 32.3 Å². The lowest BCUT2D eigenvalue weighted by molar-refractivity contribution is -0.0494. The Morgan fingerprint density at radius 2 is 1.50 bits per heavy atom. The van der Waals surface area contributed by atoms with E-state index in [9.17, 15) is 5.11 Å². The average molecular weight is 326 g/mol. The van der Waals surface area contributed by atoms with Gasteiger partial charge in [-0.05, 0) is 11.1 Å². The number of benzene rings is 2. The minimum atomic E-state index is -0.604. The lowest BCUT2D eigenvalue weighted by Crippen LogP contribution is -2.33. The second kappa shape index (κ2) is 10.0. The van der Waals surface area contributed by atoms with Crippen LogP contribution >= 0.6 is 0 Å². The van der Waals surface area contributed by atoms with Crippen molar-refractivity contribution in [3.63, 3.8) is 0 Å². The van der Waals surface area contributed by atoms with E-state index in [1.807, 2.05) is 67.6 Å². The van der Waals surface area contributed by atoms with Gasteiger partial charge in [-0.25, -0.2) is 0 Å². The Hall–Kier alpha value is -1.94. The van der Waals surface area contributed by atoms with Gasteiger partial charge in [0.2, 0.25) is 0 Å². The summed E-state index contributed by atoms with van der Waals surface area (Å²) in [4.78, 5) is 0. The van der Waals surface area contributed by atoms with Crippen molar-refractivity contribution in [3.8, 4) is 0 Å². The number of ether oxygens (including phenoxy) is 2. The third kappa shape index (κ3) is 5.93. The van der Waals surface area contributed by atoms with Crippen molar-refractivity contribution in [3.05, 3.63) is 84.4 Å². The highest BCUT2D eigenvalue weighted by atomic mass is 16.5. The van der Waals surface area contributed by atoms with Gasteiger partial charge in [0, 0.05) is 5.92 Å². The molecule has 0 fully saturated rings. The molecular formula is C21H26O3. The summed E-state index contributed by atoms with van der Waals surface area (Å²) >= 11 is 0. The summed E-state index contributed by atoms with van der Waals surface area (Å²) in [5.41, 5.74) is 2.20. The van der Waals surface area contributed by atoms with Gasteiger partial charge in [-0.3, -0.25) is 0 Å². The minimum Gasteiger partial charge on any atom is -0.390 e. The molecule has 2 aromatic carbocycles. The molecule has 0 unspecified atom stereocenters. The minimum absolute atomic E-state index is 0.0954. The van der Waals surface area contributed by atoms with Crippen LogP contribution in [0.4, 0.5) is 0 Å². The van der Waals surface area contributed by atoms with Crippen LogP contribution in [-0.2, 0) is 22.7 Å². The van der Waals surface area contributed by atoms with Gasteiger partial charge in [-0.1, -0.05) is 73.7 Å². The first-order chi connectivity index (χ1) is 11.7. The molecule has 0 saturated heterocycles. The van der Waals surface area contributed by atoms with E-state index in [4.69, 9.17) is 9.47 Å². The van der Waals surface area contributed by atoms with Crippen LogP contribution in [0.1, 0.15) is 18.1 Å². The first-order valence-corrected chi connectivity index (χ1v) is 8.28. The van der Waals surface area contributed by atoms with Crippen LogP contribution in [0.2, 0.25) is 0 Å². The fourth-order valence-corrected chi connectivity index (χ4v) is 2.44. The average Bonchev–Trinajstić information content (AvgIpc) is 2.63. The smallest absolute Gasteiger partial charge is 0.0827 e. The van der Waals surface area contributed by atoms with Crippen LogP contribution in [0, 0.1) is 5.92 Å². The molecule has 0 amide bonds. The van der Waals surface area contributed by atoms with E-state index in [1.165, 1.54) is 0 Å². The first-order valence-electron chi connectivity index (χ1n) is 8.28. The second-order valence-corrected chi connectivity index (χ2v) is 5.92. The molecule has 3 atom stereocenters. The van der Waals surface area contributed by atoms with Crippen LogP contribution in [0.3, 0.4) is 0 Å². The van der Waals surface area contributed by atoms with Crippen molar-refractivity contribution < 1.29 is 14.6 Å². The van der Waals surface area contributed by atoms with E-state index >= 15 is 0 Å². The van der Waals surface area contributed by atoms with E-state index in [0.29, 0.717) is 13.2 Å². The quantitative estimate of drug-likeness (QED) is 0.671. The summed E-state index contributed by atoms with van der Waals surface area (Å²) in [5.74, 6) is -0.0954. The summed E-state index contributed by atoms with van der Waals surface area (Å²) in [6.07, 6.45) is 0.918. The molecule has 3 heteroatoms. The topological polar surface area (TPSA) is 38.7 Å². The Morgan fingerprint density at radius 3 is 2.04 bits per heavy atom. The van der Waals surface area contributed by atoms with E-state index in [2.05, 4.69) is 6.58 Å². The van der Waals surface area contributed by atoms with Crippen LogP contribution in [-0.4, -0.2) is 23.9 Å². The highest BCUT2D eigenvalue weighted by Gasteiger charge is 2.23. The van der Waals surface area contributed by atoms with Crippen molar-refractivity contribution in [1.82, 2.24) is 0 Å². The lowest BCUT2D eigenvalue weighted by Gasteiger charge is -2.26. The number of aliphatic hydroxyl groups is 1. The summed E-state index contributed by atoms with van der Waals surface area (Å²) in [5, 5.41) is 10.3. The highest BCUT2D eigenvalue weighted by Crippen LogP contribution is 2.16. The highest BCUT2D eigenvalue weighted by molar-refractivity contribution is 5.14. The maximum atomic E-state index is 10.3. The third-order valence-electron chi connectivity index (χ3n) is 4.04. The Morgan fingerprint density at radius 1 is 0.958 bits per heavy atom. The Bertz CT molecular complexity index is 583. The number of rotatable bonds is 10. The third-order valence-corrected chi connectivity index (χ3v) is 4.04. The molecule has 2 rings (SSSR count). The molecule has 3 nitrogen and oxygen atoms in total. The van der Waals surface area contributed by atoms with E-state index in [-0.39, 0.29) is 18.6 Å². The predicted molar refractivity (Wildman–Crippen MR) is 96.5 cm³/mol. The largest absolute Gasteiger partial charge is 0.390 e. The number of hydrogen-bond acceptors (Lipinski definition) is 3. The van der Waals surface area contributed by atoms with Crippen LogP contribution in [0.15, 0.2) is 73.3 Å². The maximum Gasteiger partial charge on any atom is 0.0827 e. The lowest BCUT2D eigenvalue weighted by atomic mass is 9.98. The fraction of sp³-hybridized carbons (Fsp3) is 0.333. The standard InChI is InChI=1S/C21H26O3/c1-3-21(24-15-19-12-8-5-9-13-19)17(2)20(22)16-23-14-18-10-6-4-7-11-18/h3-13,17,20-22H,1,14-16H2,2H3/t17-,20+,21-/m1/s1. The predicted octanol–water partition coefficient (Wildman–Crippen LogP) is 3.97. The summed E-state index contributed by atoms with van der Waals surface area (Å²) < 4.78 is 11.5. The summed E-state index contributed by atoms with van der Waals surface area (Å²) in [7, 11) is 0. The number of aliphatic hydroxyl groups excluding tert-OH is 1. The van der Waals surface area contributed by atoms with Gasteiger partial charge in [-0.15, -0.1) is 6.58 Å². The Labute approximate surface area is 144 Å². The first kappa shape index (κ1) is 18.4. The molecule has 24 heavy (non-hydrogen) atoms. The molecule has 0 spiro atoms. The summed E-state index contributed by atoms with van der Waals surface area (Å²) in [6.45, 7) is 7.05. The van der Waals surface area contributed by atoms with Gasteiger partial charge in [0.05, 0.1) is 32.0 Å².